The number of amides is 2. The molecule has 0 bridgehead atoms. The van der Waals surface area contributed by atoms with Gasteiger partial charge in [0.05, 0.1) is 0 Å². The second-order valence-electron chi connectivity index (χ2n) is 4.31. The smallest absolute Gasteiger partial charge is 0.240 e. The molecule has 1 aliphatic carbocycles. The monoisotopic (exact) mass is 252 g/mol. The van der Waals surface area contributed by atoms with Crippen LogP contribution in [0, 0.1) is 12.3 Å². The molecule has 0 aromatic heterocycles. The Hall–Kier alpha value is -1.55. The van der Waals surface area contributed by atoms with E-state index in [1.165, 1.54) is 0 Å². The fourth-order valence-corrected chi connectivity index (χ4v) is 1.87. The Bertz CT molecular complexity index is 495. The van der Waals surface area contributed by atoms with Crippen molar-refractivity contribution in [1.29, 1.82) is 0 Å². The van der Waals surface area contributed by atoms with Crippen molar-refractivity contribution >= 4 is 29.1 Å². The average molecular weight is 253 g/mol. The second-order valence-corrected chi connectivity index (χ2v) is 4.72. The predicted octanol–water partition coefficient (Wildman–Crippen LogP) is 1.85. The minimum absolute atomic E-state index is 0.338. The number of benzene rings is 1. The third-order valence-electron chi connectivity index (χ3n) is 3.17. The third kappa shape index (κ3) is 2.00. The van der Waals surface area contributed by atoms with E-state index in [4.69, 9.17) is 17.3 Å². The van der Waals surface area contributed by atoms with Crippen molar-refractivity contribution in [1.82, 2.24) is 0 Å². The molecule has 4 nitrogen and oxygen atoms in total. The van der Waals surface area contributed by atoms with Crippen molar-refractivity contribution in [2.75, 3.05) is 5.32 Å². The van der Waals surface area contributed by atoms with E-state index < -0.39 is 11.3 Å². The van der Waals surface area contributed by atoms with Gasteiger partial charge in [-0.1, -0.05) is 17.7 Å². The molecular weight excluding hydrogens is 240 g/mol. The van der Waals surface area contributed by atoms with Gasteiger partial charge in [-0.2, -0.15) is 0 Å². The summed E-state index contributed by atoms with van der Waals surface area (Å²) >= 11 is 5.95. The first-order chi connectivity index (χ1) is 7.97. The number of anilines is 1. The van der Waals surface area contributed by atoms with Crippen molar-refractivity contribution < 1.29 is 9.59 Å². The maximum atomic E-state index is 11.9. The van der Waals surface area contributed by atoms with E-state index in [1.807, 2.05) is 6.92 Å². The average Bonchev–Trinajstić information content (AvgIpc) is 3.05. The highest BCUT2D eigenvalue weighted by atomic mass is 35.5. The van der Waals surface area contributed by atoms with Gasteiger partial charge in [-0.05, 0) is 37.5 Å². The molecule has 2 rings (SSSR count). The highest BCUT2D eigenvalue weighted by Crippen LogP contribution is 2.46. The molecule has 1 fully saturated rings. The highest BCUT2D eigenvalue weighted by molar-refractivity contribution is 6.31. The lowest BCUT2D eigenvalue weighted by molar-refractivity contribution is -0.132. The molecule has 1 aromatic rings. The van der Waals surface area contributed by atoms with Gasteiger partial charge in [-0.15, -0.1) is 0 Å². The molecular formula is C12H13ClN2O2. The van der Waals surface area contributed by atoms with Gasteiger partial charge in [0.2, 0.25) is 11.8 Å². The number of carbonyl (C=O) groups excluding carboxylic acids is 2. The first-order valence-corrected chi connectivity index (χ1v) is 5.71. The first kappa shape index (κ1) is 11.9. The molecule has 1 saturated carbocycles. The van der Waals surface area contributed by atoms with Crippen LogP contribution in [0.1, 0.15) is 18.4 Å². The molecule has 0 heterocycles. The summed E-state index contributed by atoms with van der Waals surface area (Å²) in [4.78, 5) is 23.1. The van der Waals surface area contributed by atoms with Crippen LogP contribution in [-0.2, 0) is 9.59 Å². The van der Waals surface area contributed by atoms with Crippen LogP contribution in [-0.4, -0.2) is 11.8 Å². The fourth-order valence-electron chi connectivity index (χ4n) is 1.70. The van der Waals surface area contributed by atoms with Gasteiger partial charge in [0, 0.05) is 10.7 Å². The zero-order valence-corrected chi connectivity index (χ0v) is 10.2. The molecule has 17 heavy (non-hydrogen) atoms. The topological polar surface area (TPSA) is 72.2 Å². The van der Waals surface area contributed by atoms with Crippen molar-refractivity contribution in [2.24, 2.45) is 11.1 Å². The molecule has 1 aromatic carbocycles. The predicted molar refractivity (Wildman–Crippen MR) is 65.7 cm³/mol. The van der Waals surface area contributed by atoms with E-state index in [9.17, 15) is 9.59 Å². The second kappa shape index (κ2) is 4.04. The molecule has 0 aliphatic heterocycles. The Morgan fingerprint density at radius 1 is 1.41 bits per heavy atom. The van der Waals surface area contributed by atoms with Crippen LogP contribution in [0.25, 0.3) is 0 Å². The quantitative estimate of drug-likeness (QED) is 0.806. The number of hydrogen-bond acceptors (Lipinski definition) is 2. The van der Waals surface area contributed by atoms with Gasteiger partial charge in [-0.3, -0.25) is 9.59 Å². The van der Waals surface area contributed by atoms with Crippen molar-refractivity contribution in [3.63, 3.8) is 0 Å². The normalized spacial score (nSPS) is 16.4. The van der Waals surface area contributed by atoms with Gasteiger partial charge in [0.15, 0.2) is 0 Å². The maximum absolute atomic E-state index is 11.9. The highest BCUT2D eigenvalue weighted by Gasteiger charge is 2.55. The number of nitrogens with two attached hydrogens (primary N) is 1. The van der Waals surface area contributed by atoms with Crippen LogP contribution in [0.5, 0.6) is 0 Å². The summed E-state index contributed by atoms with van der Waals surface area (Å²) in [5.74, 6) is -0.898. The van der Waals surface area contributed by atoms with Gasteiger partial charge in [0.25, 0.3) is 0 Å². The van der Waals surface area contributed by atoms with Gasteiger partial charge in [0.1, 0.15) is 5.41 Å². The van der Waals surface area contributed by atoms with E-state index in [0.717, 1.165) is 5.56 Å². The van der Waals surface area contributed by atoms with E-state index in [2.05, 4.69) is 5.32 Å². The van der Waals surface area contributed by atoms with Crippen LogP contribution in [0.4, 0.5) is 5.69 Å². The number of rotatable bonds is 3. The maximum Gasteiger partial charge on any atom is 0.240 e. The van der Waals surface area contributed by atoms with E-state index >= 15 is 0 Å². The summed E-state index contributed by atoms with van der Waals surface area (Å²) in [6.07, 6.45) is 1.04. The SMILES string of the molecule is Cc1c(Cl)cccc1NC(=O)C1(C(N)=O)CC1. The lowest BCUT2D eigenvalue weighted by Crippen LogP contribution is -2.36. The molecule has 0 spiro atoms. The Kier molecular flexibility index (Phi) is 2.83. The fraction of sp³-hybridized carbons (Fsp3) is 0.333. The number of nitrogens with one attached hydrogen (secondary N) is 1. The summed E-state index contributed by atoms with van der Waals surface area (Å²) in [5, 5.41) is 3.29. The molecule has 3 N–H and O–H groups in total. The van der Waals surface area contributed by atoms with Crippen LogP contribution in [0.2, 0.25) is 5.02 Å². The van der Waals surface area contributed by atoms with Gasteiger partial charge in [-0.25, -0.2) is 0 Å². The molecule has 5 heteroatoms. The summed E-state index contributed by atoms with van der Waals surface area (Å²) in [5.41, 5.74) is 5.62. The Morgan fingerprint density at radius 3 is 2.59 bits per heavy atom. The van der Waals surface area contributed by atoms with E-state index in [0.29, 0.717) is 23.6 Å². The van der Waals surface area contributed by atoms with E-state index in [1.54, 1.807) is 18.2 Å². The number of hydrogen-bond donors (Lipinski definition) is 2. The lowest BCUT2D eigenvalue weighted by atomic mass is 10.1. The molecule has 0 radical (unpaired) electrons. The van der Waals surface area contributed by atoms with Crippen LogP contribution >= 0.6 is 11.6 Å². The molecule has 0 saturated heterocycles. The van der Waals surface area contributed by atoms with Crippen LogP contribution in [0.15, 0.2) is 18.2 Å². The largest absolute Gasteiger partial charge is 0.369 e. The standard InChI is InChI=1S/C12H13ClN2O2/c1-7-8(13)3-2-4-9(7)15-11(17)12(5-6-12)10(14)16/h2-4H,5-6H2,1H3,(H2,14,16)(H,15,17). The molecule has 0 unspecified atom stereocenters. The van der Waals surface area contributed by atoms with Crippen LogP contribution in [0.3, 0.4) is 0 Å². The lowest BCUT2D eigenvalue weighted by Gasteiger charge is -2.13. The Labute approximate surface area is 104 Å². The number of halogens is 1. The van der Waals surface area contributed by atoms with Crippen LogP contribution < -0.4 is 11.1 Å². The van der Waals surface area contributed by atoms with Gasteiger partial charge >= 0.3 is 0 Å². The van der Waals surface area contributed by atoms with Gasteiger partial charge < -0.3 is 11.1 Å². The first-order valence-electron chi connectivity index (χ1n) is 5.34. The summed E-state index contributed by atoms with van der Waals surface area (Å²) in [6, 6.07) is 5.23. The van der Waals surface area contributed by atoms with Crippen molar-refractivity contribution in [2.45, 2.75) is 19.8 Å². The number of primary amides is 1. The summed E-state index contributed by atoms with van der Waals surface area (Å²) in [7, 11) is 0. The summed E-state index contributed by atoms with van der Waals surface area (Å²) < 4.78 is 0. The van der Waals surface area contributed by atoms with Crippen molar-refractivity contribution in [3.05, 3.63) is 28.8 Å². The summed E-state index contributed by atoms with van der Waals surface area (Å²) in [6.45, 7) is 1.81. The minimum Gasteiger partial charge on any atom is -0.369 e. The molecule has 1 aliphatic rings. The van der Waals surface area contributed by atoms with E-state index in [-0.39, 0.29) is 5.91 Å². The zero-order chi connectivity index (χ0) is 12.6. The molecule has 90 valence electrons. The Morgan fingerprint density at radius 2 is 2.06 bits per heavy atom. The third-order valence-corrected chi connectivity index (χ3v) is 3.58. The molecule has 2 amide bonds. The Balaban J connectivity index is 2.20. The molecule has 0 atom stereocenters. The number of carbonyl (C=O) groups is 2. The van der Waals surface area contributed by atoms with Crippen molar-refractivity contribution in [3.8, 4) is 0 Å². The minimum atomic E-state index is -1.01. The zero-order valence-electron chi connectivity index (χ0n) is 9.42.